The highest BCUT2D eigenvalue weighted by molar-refractivity contribution is 5.91. The quantitative estimate of drug-likeness (QED) is 0.742. The van der Waals surface area contributed by atoms with Gasteiger partial charge in [0.2, 0.25) is 0 Å². The Kier molecular flexibility index (Phi) is 6.81. The van der Waals surface area contributed by atoms with Crippen molar-refractivity contribution in [2.24, 2.45) is 0 Å². The van der Waals surface area contributed by atoms with Crippen LogP contribution < -0.4 is 15.0 Å². The summed E-state index contributed by atoms with van der Waals surface area (Å²) in [4.78, 5) is 13.2. The summed E-state index contributed by atoms with van der Waals surface area (Å²) in [6, 6.07) is 7.36. The van der Waals surface area contributed by atoms with Crippen LogP contribution in [0.4, 0.5) is 5.69 Å². The summed E-state index contributed by atoms with van der Waals surface area (Å²) >= 11 is 0. The largest absolute Gasteiger partial charge is 0.497 e. The van der Waals surface area contributed by atoms with Gasteiger partial charge in [0, 0.05) is 5.69 Å². The van der Waals surface area contributed by atoms with Gasteiger partial charge < -0.3 is 15.0 Å². The van der Waals surface area contributed by atoms with E-state index in [1.807, 2.05) is 24.3 Å². The molecule has 2 N–H and O–H groups in total. The number of allylic oxidation sites excluding steroid dienone is 1. The van der Waals surface area contributed by atoms with Gasteiger partial charge >= 0.3 is 0 Å². The molecule has 0 saturated heterocycles. The van der Waals surface area contributed by atoms with E-state index in [9.17, 15) is 4.79 Å². The Bertz CT molecular complexity index is 448. The molecular formula is C16H25N2O2+. The number of amides is 1. The van der Waals surface area contributed by atoms with Crippen LogP contribution in [-0.2, 0) is 4.79 Å². The van der Waals surface area contributed by atoms with Crippen LogP contribution in [0.15, 0.2) is 35.9 Å². The van der Waals surface area contributed by atoms with Crippen molar-refractivity contribution in [2.75, 3.05) is 32.1 Å². The standard InChI is InChI=1S/C16H24N2O2/c1-5-18(11-10-13(2)3)12-16(19)17-14-6-8-15(20-4)9-7-14/h6-10H,5,11-12H2,1-4H3,(H,17,19)/p+1. The van der Waals surface area contributed by atoms with Gasteiger partial charge in [0.1, 0.15) is 5.75 Å². The smallest absolute Gasteiger partial charge is 0.279 e. The van der Waals surface area contributed by atoms with Gasteiger partial charge in [0.25, 0.3) is 5.91 Å². The van der Waals surface area contributed by atoms with Crippen LogP contribution in [0, 0.1) is 0 Å². The summed E-state index contributed by atoms with van der Waals surface area (Å²) in [5.74, 6) is 0.821. The summed E-state index contributed by atoms with van der Waals surface area (Å²) in [7, 11) is 1.62. The van der Waals surface area contributed by atoms with Crippen molar-refractivity contribution in [1.29, 1.82) is 0 Å². The topological polar surface area (TPSA) is 42.8 Å². The van der Waals surface area contributed by atoms with E-state index in [-0.39, 0.29) is 5.91 Å². The number of nitrogens with one attached hydrogen (secondary N) is 2. The molecule has 0 aliphatic carbocycles. The first-order valence-corrected chi connectivity index (χ1v) is 6.96. The maximum atomic E-state index is 12.0. The number of hydrogen-bond donors (Lipinski definition) is 2. The van der Waals surface area contributed by atoms with Crippen molar-refractivity contribution >= 4 is 11.6 Å². The molecule has 0 saturated carbocycles. The second kappa shape index (κ2) is 8.38. The number of hydrogen-bond acceptors (Lipinski definition) is 2. The molecule has 110 valence electrons. The molecule has 1 amide bonds. The molecule has 0 aliphatic rings. The predicted molar refractivity (Wildman–Crippen MR) is 82.3 cm³/mol. The molecule has 1 rings (SSSR count). The van der Waals surface area contributed by atoms with Gasteiger partial charge in [0.15, 0.2) is 6.54 Å². The van der Waals surface area contributed by atoms with Crippen LogP contribution in [0.3, 0.4) is 0 Å². The van der Waals surface area contributed by atoms with Crippen molar-refractivity contribution in [3.05, 3.63) is 35.9 Å². The number of likely N-dealkylation sites (N-methyl/N-ethyl adjacent to an activating group) is 1. The number of carbonyl (C=O) groups is 1. The van der Waals surface area contributed by atoms with Crippen LogP contribution in [0.25, 0.3) is 0 Å². The highest BCUT2D eigenvalue weighted by atomic mass is 16.5. The summed E-state index contributed by atoms with van der Waals surface area (Å²) in [6.07, 6.45) is 2.17. The maximum Gasteiger partial charge on any atom is 0.279 e. The highest BCUT2D eigenvalue weighted by Gasteiger charge is 2.11. The first-order chi connectivity index (χ1) is 9.55. The van der Waals surface area contributed by atoms with Gasteiger partial charge in [-0.2, -0.15) is 0 Å². The summed E-state index contributed by atoms with van der Waals surface area (Å²) < 4.78 is 5.09. The van der Waals surface area contributed by atoms with E-state index in [4.69, 9.17) is 4.74 Å². The Hall–Kier alpha value is -1.81. The lowest BCUT2D eigenvalue weighted by molar-refractivity contribution is -0.883. The average Bonchev–Trinajstić information content (AvgIpc) is 2.44. The predicted octanol–water partition coefficient (Wildman–Crippen LogP) is 1.50. The second-order valence-electron chi connectivity index (χ2n) is 5.04. The van der Waals surface area contributed by atoms with Gasteiger partial charge in [0.05, 0.1) is 20.2 Å². The van der Waals surface area contributed by atoms with Crippen LogP contribution in [0.5, 0.6) is 5.75 Å². The fraction of sp³-hybridized carbons (Fsp3) is 0.438. The third kappa shape index (κ3) is 5.89. The molecule has 4 heteroatoms. The first kappa shape index (κ1) is 16.2. The number of carbonyl (C=O) groups excluding carboxylic acids is 1. The first-order valence-electron chi connectivity index (χ1n) is 6.96. The minimum Gasteiger partial charge on any atom is -0.497 e. The van der Waals surface area contributed by atoms with Crippen LogP contribution >= 0.6 is 0 Å². The van der Waals surface area contributed by atoms with E-state index in [1.54, 1.807) is 7.11 Å². The fourth-order valence-electron chi connectivity index (χ4n) is 1.80. The molecule has 4 nitrogen and oxygen atoms in total. The van der Waals surface area contributed by atoms with Crippen molar-refractivity contribution in [2.45, 2.75) is 20.8 Å². The molecule has 0 aliphatic heterocycles. The Labute approximate surface area is 121 Å². The number of anilines is 1. The van der Waals surface area contributed by atoms with Crippen LogP contribution in [0.1, 0.15) is 20.8 Å². The summed E-state index contributed by atoms with van der Waals surface area (Å²) in [6.45, 7) is 8.53. The second-order valence-corrected chi connectivity index (χ2v) is 5.04. The van der Waals surface area contributed by atoms with Gasteiger partial charge in [-0.25, -0.2) is 0 Å². The Morgan fingerprint density at radius 1 is 1.30 bits per heavy atom. The summed E-state index contributed by atoms with van der Waals surface area (Å²) in [5, 5.41) is 2.91. The summed E-state index contributed by atoms with van der Waals surface area (Å²) in [5.41, 5.74) is 2.08. The fourth-order valence-corrected chi connectivity index (χ4v) is 1.80. The number of benzene rings is 1. The molecule has 1 atom stereocenters. The molecular weight excluding hydrogens is 252 g/mol. The zero-order valence-corrected chi connectivity index (χ0v) is 12.8. The van der Waals surface area contributed by atoms with Crippen LogP contribution in [0.2, 0.25) is 0 Å². The van der Waals surface area contributed by atoms with Gasteiger partial charge in [-0.1, -0.05) is 5.57 Å². The molecule has 0 bridgehead atoms. The van der Waals surface area contributed by atoms with Crippen molar-refractivity contribution in [1.82, 2.24) is 0 Å². The lowest BCUT2D eigenvalue weighted by atomic mass is 10.3. The third-order valence-electron chi connectivity index (χ3n) is 3.08. The van der Waals surface area contributed by atoms with Crippen molar-refractivity contribution in [3.8, 4) is 5.75 Å². The normalized spacial score (nSPS) is 11.6. The molecule has 1 aromatic rings. The molecule has 0 spiro atoms. The molecule has 0 fully saturated rings. The number of quaternary nitrogens is 1. The van der Waals surface area contributed by atoms with E-state index >= 15 is 0 Å². The highest BCUT2D eigenvalue weighted by Crippen LogP contribution is 2.14. The lowest BCUT2D eigenvalue weighted by Gasteiger charge is -2.15. The van der Waals surface area contributed by atoms with E-state index in [1.165, 1.54) is 10.5 Å². The molecule has 1 unspecified atom stereocenters. The Balaban J connectivity index is 2.50. The number of methoxy groups -OCH3 is 1. The minimum atomic E-state index is 0.0363. The third-order valence-corrected chi connectivity index (χ3v) is 3.08. The van der Waals surface area contributed by atoms with Gasteiger partial charge in [-0.05, 0) is 51.1 Å². The maximum absolute atomic E-state index is 12.0. The molecule has 1 aromatic carbocycles. The zero-order valence-electron chi connectivity index (χ0n) is 12.8. The zero-order chi connectivity index (χ0) is 15.0. The lowest BCUT2D eigenvalue weighted by Crippen LogP contribution is -3.12. The van der Waals surface area contributed by atoms with Gasteiger partial charge in [-0.3, -0.25) is 4.79 Å². The SMILES string of the molecule is CC[NH+](CC=C(C)C)CC(=O)Nc1ccc(OC)cc1. The van der Waals surface area contributed by atoms with E-state index in [0.29, 0.717) is 6.54 Å². The Morgan fingerprint density at radius 2 is 1.95 bits per heavy atom. The van der Waals surface area contributed by atoms with E-state index < -0.39 is 0 Å². The Morgan fingerprint density at radius 3 is 2.45 bits per heavy atom. The number of ether oxygens (including phenoxy) is 1. The average molecular weight is 277 g/mol. The van der Waals surface area contributed by atoms with E-state index in [0.717, 1.165) is 24.5 Å². The monoisotopic (exact) mass is 277 g/mol. The van der Waals surface area contributed by atoms with Crippen molar-refractivity contribution in [3.63, 3.8) is 0 Å². The molecule has 0 radical (unpaired) electrons. The molecule has 20 heavy (non-hydrogen) atoms. The van der Waals surface area contributed by atoms with Crippen LogP contribution in [-0.4, -0.2) is 32.7 Å². The molecule has 0 heterocycles. The molecule has 0 aromatic heterocycles. The van der Waals surface area contributed by atoms with E-state index in [2.05, 4.69) is 32.2 Å². The van der Waals surface area contributed by atoms with Crippen molar-refractivity contribution < 1.29 is 14.4 Å². The van der Waals surface area contributed by atoms with Gasteiger partial charge in [-0.15, -0.1) is 0 Å². The number of rotatable bonds is 7. The minimum absolute atomic E-state index is 0.0363.